The van der Waals surface area contributed by atoms with Crippen LogP contribution in [0.25, 0.3) is 0 Å². The van der Waals surface area contributed by atoms with Gasteiger partial charge in [0.2, 0.25) is 0 Å². The largest absolute Gasteiger partial charge is 0.398 e. The summed E-state index contributed by atoms with van der Waals surface area (Å²) < 4.78 is 0. The Hall–Kier alpha value is -2.29. The molecule has 0 aliphatic heterocycles. The first kappa shape index (κ1) is 11.2. The van der Waals surface area contributed by atoms with Crippen LogP contribution >= 0.6 is 0 Å². The summed E-state index contributed by atoms with van der Waals surface area (Å²) in [6, 6.07) is 17.5. The van der Waals surface area contributed by atoms with Crippen molar-refractivity contribution in [1.29, 1.82) is 0 Å². The fourth-order valence-corrected chi connectivity index (χ4v) is 1.55. The van der Waals surface area contributed by atoms with Crippen LogP contribution in [0.3, 0.4) is 0 Å². The Morgan fingerprint density at radius 1 is 1.00 bits per heavy atom. The average molecular weight is 225 g/mol. The number of hydrogen-bond donors (Lipinski definition) is 2. The zero-order chi connectivity index (χ0) is 12.1. The van der Waals surface area contributed by atoms with Crippen molar-refractivity contribution < 1.29 is 0 Å². The van der Waals surface area contributed by atoms with Gasteiger partial charge in [-0.1, -0.05) is 36.4 Å². The molecule has 0 fully saturated rings. The summed E-state index contributed by atoms with van der Waals surface area (Å²) in [6.45, 7) is 1.93. The Balaban J connectivity index is 2.16. The normalized spacial score (nSPS) is 11.2. The third-order valence-electron chi connectivity index (χ3n) is 2.48. The van der Waals surface area contributed by atoms with E-state index in [0.29, 0.717) is 0 Å². The fourth-order valence-electron chi connectivity index (χ4n) is 1.55. The van der Waals surface area contributed by atoms with E-state index in [1.807, 2.05) is 61.5 Å². The van der Waals surface area contributed by atoms with Crippen molar-refractivity contribution in [2.24, 2.45) is 5.10 Å². The first-order valence-corrected chi connectivity index (χ1v) is 5.47. The van der Waals surface area contributed by atoms with Crippen molar-refractivity contribution in [2.45, 2.75) is 6.92 Å². The number of rotatable bonds is 3. The molecule has 3 heteroatoms. The van der Waals surface area contributed by atoms with E-state index < -0.39 is 0 Å². The Labute approximate surface area is 101 Å². The minimum Gasteiger partial charge on any atom is -0.398 e. The predicted molar refractivity (Wildman–Crippen MR) is 73.1 cm³/mol. The van der Waals surface area contributed by atoms with Gasteiger partial charge in [0.05, 0.1) is 11.4 Å². The number of nitrogen functional groups attached to an aromatic ring is 1. The van der Waals surface area contributed by atoms with Gasteiger partial charge in [-0.05, 0) is 25.1 Å². The van der Waals surface area contributed by atoms with Crippen LogP contribution in [0.4, 0.5) is 11.4 Å². The van der Waals surface area contributed by atoms with Crippen LogP contribution in [0.5, 0.6) is 0 Å². The van der Waals surface area contributed by atoms with E-state index in [9.17, 15) is 0 Å². The lowest BCUT2D eigenvalue weighted by Crippen LogP contribution is -2.03. The number of nitrogens with one attached hydrogen (secondary N) is 1. The van der Waals surface area contributed by atoms with Crippen LogP contribution in [-0.4, -0.2) is 5.71 Å². The van der Waals surface area contributed by atoms with E-state index in [2.05, 4.69) is 10.5 Å². The molecule has 0 radical (unpaired) electrons. The van der Waals surface area contributed by atoms with Crippen molar-refractivity contribution in [1.82, 2.24) is 0 Å². The van der Waals surface area contributed by atoms with Crippen LogP contribution < -0.4 is 11.2 Å². The molecule has 0 atom stereocenters. The molecule has 2 aromatic rings. The molecule has 0 aliphatic rings. The smallest absolute Gasteiger partial charge is 0.0669 e. The van der Waals surface area contributed by atoms with Gasteiger partial charge in [0.1, 0.15) is 0 Å². The summed E-state index contributed by atoms with van der Waals surface area (Å²) in [6.07, 6.45) is 0. The molecule has 0 unspecified atom stereocenters. The summed E-state index contributed by atoms with van der Waals surface area (Å²) >= 11 is 0. The maximum atomic E-state index is 5.88. The van der Waals surface area contributed by atoms with Gasteiger partial charge in [-0.15, -0.1) is 0 Å². The number of hydrazone groups is 1. The zero-order valence-electron chi connectivity index (χ0n) is 9.72. The predicted octanol–water partition coefficient (Wildman–Crippen LogP) is 3.10. The molecule has 0 amide bonds. The SMILES string of the molecule is C/C(=N\Nc1ccccc1)c1ccccc1N. The first-order valence-electron chi connectivity index (χ1n) is 5.47. The van der Waals surface area contributed by atoms with E-state index >= 15 is 0 Å². The molecule has 0 aromatic heterocycles. The van der Waals surface area contributed by atoms with Crippen molar-refractivity contribution in [3.8, 4) is 0 Å². The molecule has 0 bridgehead atoms. The summed E-state index contributed by atoms with van der Waals surface area (Å²) in [4.78, 5) is 0. The molecule has 86 valence electrons. The highest BCUT2D eigenvalue weighted by Crippen LogP contribution is 2.12. The molecule has 2 rings (SSSR count). The van der Waals surface area contributed by atoms with E-state index in [-0.39, 0.29) is 0 Å². The molecule has 0 saturated carbocycles. The lowest BCUT2D eigenvalue weighted by Gasteiger charge is -2.05. The zero-order valence-corrected chi connectivity index (χ0v) is 9.72. The minimum atomic E-state index is 0.739. The quantitative estimate of drug-likeness (QED) is 0.479. The lowest BCUT2D eigenvalue weighted by atomic mass is 10.1. The fraction of sp³-hybridized carbons (Fsp3) is 0.0714. The first-order chi connectivity index (χ1) is 8.27. The van der Waals surface area contributed by atoms with Crippen molar-refractivity contribution in [3.05, 3.63) is 60.2 Å². The standard InChI is InChI=1S/C14H15N3/c1-11(13-9-5-6-10-14(13)15)16-17-12-7-3-2-4-8-12/h2-10,17H,15H2,1H3/b16-11+. The van der Waals surface area contributed by atoms with Crippen molar-refractivity contribution in [2.75, 3.05) is 11.2 Å². The minimum absolute atomic E-state index is 0.739. The lowest BCUT2D eigenvalue weighted by molar-refractivity contribution is 1.32. The average Bonchev–Trinajstić information content (AvgIpc) is 2.38. The topological polar surface area (TPSA) is 50.4 Å². The van der Waals surface area contributed by atoms with Crippen LogP contribution in [0.1, 0.15) is 12.5 Å². The molecule has 2 aromatic carbocycles. The van der Waals surface area contributed by atoms with E-state index in [1.54, 1.807) is 0 Å². The van der Waals surface area contributed by atoms with Crippen molar-refractivity contribution in [3.63, 3.8) is 0 Å². The van der Waals surface area contributed by atoms with E-state index in [1.165, 1.54) is 0 Å². The van der Waals surface area contributed by atoms with E-state index in [0.717, 1.165) is 22.6 Å². The third-order valence-corrected chi connectivity index (χ3v) is 2.48. The van der Waals surface area contributed by atoms with Gasteiger partial charge < -0.3 is 5.73 Å². The van der Waals surface area contributed by atoms with E-state index in [4.69, 9.17) is 5.73 Å². The molecule has 0 spiro atoms. The Kier molecular flexibility index (Phi) is 3.40. The highest BCUT2D eigenvalue weighted by atomic mass is 15.3. The molecular formula is C14H15N3. The number of benzene rings is 2. The molecule has 0 heterocycles. The second-order valence-corrected chi connectivity index (χ2v) is 3.76. The van der Waals surface area contributed by atoms with Gasteiger partial charge in [-0.3, -0.25) is 5.43 Å². The van der Waals surface area contributed by atoms with Crippen LogP contribution in [-0.2, 0) is 0 Å². The molecule has 3 N–H and O–H groups in total. The molecular weight excluding hydrogens is 210 g/mol. The number of nitrogens with two attached hydrogens (primary N) is 1. The number of para-hydroxylation sites is 2. The van der Waals surface area contributed by atoms with Crippen molar-refractivity contribution >= 4 is 17.1 Å². The maximum Gasteiger partial charge on any atom is 0.0669 e. The highest BCUT2D eigenvalue weighted by molar-refractivity contribution is 6.03. The maximum absolute atomic E-state index is 5.88. The third kappa shape index (κ3) is 2.84. The summed E-state index contributed by atoms with van der Waals surface area (Å²) in [5.74, 6) is 0. The van der Waals surface area contributed by atoms with Gasteiger partial charge >= 0.3 is 0 Å². The highest BCUT2D eigenvalue weighted by Gasteiger charge is 2.00. The van der Waals surface area contributed by atoms with Gasteiger partial charge in [0.15, 0.2) is 0 Å². The second-order valence-electron chi connectivity index (χ2n) is 3.76. The van der Waals surface area contributed by atoms with Crippen LogP contribution in [0.2, 0.25) is 0 Å². The molecule has 17 heavy (non-hydrogen) atoms. The van der Waals surface area contributed by atoms with Crippen LogP contribution in [0, 0.1) is 0 Å². The molecule has 3 nitrogen and oxygen atoms in total. The molecule has 0 saturated heterocycles. The monoisotopic (exact) mass is 225 g/mol. The summed E-state index contributed by atoms with van der Waals surface area (Å²) in [5.41, 5.74) is 12.4. The molecule has 0 aliphatic carbocycles. The second kappa shape index (κ2) is 5.16. The Bertz CT molecular complexity index is 518. The summed E-state index contributed by atoms with van der Waals surface area (Å²) in [5, 5.41) is 4.31. The van der Waals surface area contributed by atoms with Gasteiger partial charge in [0.25, 0.3) is 0 Å². The summed E-state index contributed by atoms with van der Waals surface area (Å²) in [7, 11) is 0. The number of nitrogens with zero attached hydrogens (tertiary/aromatic N) is 1. The Morgan fingerprint density at radius 3 is 2.35 bits per heavy atom. The Morgan fingerprint density at radius 2 is 1.65 bits per heavy atom. The number of hydrogen-bond acceptors (Lipinski definition) is 3. The number of anilines is 2. The van der Waals surface area contributed by atoms with Crippen LogP contribution in [0.15, 0.2) is 59.7 Å². The van der Waals surface area contributed by atoms with Gasteiger partial charge in [-0.2, -0.15) is 5.10 Å². The van der Waals surface area contributed by atoms with Gasteiger partial charge in [0, 0.05) is 11.3 Å². The van der Waals surface area contributed by atoms with Gasteiger partial charge in [-0.25, -0.2) is 0 Å².